The summed E-state index contributed by atoms with van der Waals surface area (Å²) in [5, 5.41) is 1.37. The number of sulfonamides is 1. The first-order valence-corrected chi connectivity index (χ1v) is 13.0. The molecule has 1 aliphatic rings. The summed E-state index contributed by atoms with van der Waals surface area (Å²) < 4.78 is 28.8. The Morgan fingerprint density at radius 3 is 2.00 bits per heavy atom. The van der Waals surface area contributed by atoms with Crippen molar-refractivity contribution in [2.24, 2.45) is 5.92 Å². The Kier molecular flexibility index (Phi) is 6.94. The maximum Gasteiger partial charge on any atom is 0.233 e. The van der Waals surface area contributed by atoms with Crippen LogP contribution in [0.25, 0.3) is 0 Å². The Balaban J connectivity index is 1.46. The van der Waals surface area contributed by atoms with Gasteiger partial charge in [0.1, 0.15) is 0 Å². The molecule has 0 aromatic heterocycles. The standard InChI is InChI=1S/C23H21BrCl2N2O2S/c24-19-2-1-3-22(12-19)27-31(29,30)15-16-13-28(14-16)23(17-4-8-20(25)9-5-17)18-6-10-21(26)11-7-18/h1-12,16,23,27H,13-15H2. The smallest absolute Gasteiger partial charge is 0.233 e. The van der Waals surface area contributed by atoms with Gasteiger partial charge in [0.25, 0.3) is 0 Å². The molecule has 31 heavy (non-hydrogen) atoms. The van der Waals surface area contributed by atoms with E-state index in [1.807, 2.05) is 54.6 Å². The third kappa shape index (κ3) is 5.82. The van der Waals surface area contributed by atoms with Gasteiger partial charge in [0.2, 0.25) is 10.0 Å². The second kappa shape index (κ2) is 9.51. The Morgan fingerprint density at radius 2 is 1.48 bits per heavy atom. The van der Waals surface area contributed by atoms with Crippen LogP contribution in [0.2, 0.25) is 10.0 Å². The number of nitrogens with one attached hydrogen (secondary N) is 1. The van der Waals surface area contributed by atoms with Crippen LogP contribution in [0.5, 0.6) is 0 Å². The molecule has 3 aromatic rings. The van der Waals surface area contributed by atoms with Gasteiger partial charge in [0, 0.05) is 39.2 Å². The van der Waals surface area contributed by atoms with Gasteiger partial charge in [-0.05, 0) is 53.6 Å². The highest BCUT2D eigenvalue weighted by Gasteiger charge is 2.36. The molecule has 0 amide bonds. The second-order valence-electron chi connectivity index (χ2n) is 7.72. The molecule has 8 heteroatoms. The van der Waals surface area contributed by atoms with Gasteiger partial charge in [-0.25, -0.2) is 8.42 Å². The van der Waals surface area contributed by atoms with Crippen LogP contribution < -0.4 is 4.72 Å². The first-order valence-electron chi connectivity index (χ1n) is 9.80. The third-order valence-corrected chi connectivity index (χ3v) is 7.73. The van der Waals surface area contributed by atoms with Crippen LogP contribution in [0.4, 0.5) is 5.69 Å². The summed E-state index contributed by atoms with van der Waals surface area (Å²) >= 11 is 15.5. The monoisotopic (exact) mass is 538 g/mol. The normalized spacial score (nSPS) is 15.1. The van der Waals surface area contributed by atoms with Gasteiger partial charge in [-0.3, -0.25) is 9.62 Å². The summed E-state index contributed by atoms with van der Waals surface area (Å²) in [6, 6.07) is 22.7. The van der Waals surface area contributed by atoms with Crippen molar-refractivity contribution >= 4 is 54.8 Å². The summed E-state index contributed by atoms with van der Waals surface area (Å²) in [7, 11) is -3.43. The highest BCUT2D eigenvalue weighted by atomic mass is 79.9. The van der Waals surface area contributed by atoms with Crippen molar-refractivity contribution in [3.8, 4) is 0 Å². The molecule has 0 bridgehead atoms. The maximum absolute atomic E-state index is 12.6. The molecule has 1 fully saturated rings. The minimum Gasteiger partial charge on any atom is -0.292 e. The maximum atomic E-state index is 12.6. The highest BCUT2D eigenvalue weighted by molar-refractivity contribution is 9.10. The predicted molar refractivity (Wildman–Crippen MR) is 131 cm³/mol. The average Bonchev–Trinajstić information content (AvgIpc) is 2.68. The Hall–Kier alpha value is -1.57. The molecule has 0 radical (unpaired) electrons. The summed E-state index contributed by atoms with van der Waals surface area (Å²) in [4.78, 5) is 2.28. The fourth-order valence-electron chi connectivity index (χ4n) is 3.91. The predicted octanol–water partition coefficient (Wildman–Crippen LogP) is 6.22. The minimum atomic E-state index is -3.43. The molecule has 1 heterocycles. The van der Waals surface area contributed by atoms with Crippen molar-refractivity contribution < 1.29 is 8.42 Å². The molecule has 1 N–H and O–H groups in total. The number of hydrogen-bond acceptors (Lipinski definition) is 3. The van der Waals surface area contributed by atoms with Crippen LogP contribution in [0.3, 0.4) is 0 Å². The minimum absolute atomic E-state index is 0.0199. The number of anilines is 1. The fraction of sp³-hybridized carbons (Fsp3) is 0.217. The molecule has 3 aromatic carbocycles. The lowest BCUT2D eigenvalue weighted by Crippen LogP contribution is -2.51. The molecule has 1 saturated heterocycles. The summed E-state index contributed by atoms with van der Waals surface area (Å²) in [5.41, 5.74) is 2.78. The zero-order valence-corrected chi connectivity index (χ0v) is 20.4. The quantitative estimate of drug-likeness (QED) is 0.387. The zero-order valence-electron chi connectivity index (χ0n) is 16.5. The molecule has 0 spiro atoms. The molecular weight excluding hydrogens is 519 g/mol. The molecule has 4 rings (SSSR count). The van der Waals surface area contributed by atoms with E-state index in [4.69, 9.17) is 23.2 Å². The van der Waals surface area contributed by atoms with Gasteiger partial charge < -0.3 is 0 Å². The van der Waals surface area contributed by atoms with Crippen LogP contribution >= 0.6 is 39.1 Å². The molecule has 162 valence electrons. The lowest BCUT2D eigenvalue weighted by atomic mass is 9.91. The van der Waals surface area contributed by atoms with E-state index in [2.05, 4.69) is 25.6 Å². The lowest BCUT2D eigenvalue weighted by molar-refractivity contribution is 0.0813. The SMILES string of the molecule is O=S(=O)(CC1CN(C(c2ccc(Cl)cc2)c2ccc(Cl)cc2)C1)Nc1cccc(Br)c1. The van der Waals surface area contributed by atoms with Crippen molar-refractivity contribution in [3.63, 3.8) is 0 Å². The van der Waals surface area contributed by atoms with E-state index in [1.54, 1.807) is 18.2 Å². The first kappa shape index (κ1) is 22.6. The van der Waals surface area contributed by atoms with Gasteiger partial charge in [0.05, 0.1) is 11.8 Å². The third-order valence-electron chi connectivity index (χ3n) is 5.28. The van der Waals surface area contributed by atoms with E-state index in [0.717, 1.165) is 15.6 Å². The van der Waals surface area contributed by atoms with Crippen molar-refractivity contribution in [2.45, 2.75) is 6.04 Å². The summed E-state index contributed by atoms with van der Waals surface area (Å²) in [5.74, 6) is 0.149. The highest BCUT2D eigenvalue weighted by Crippen LogP contribution is 2.35. The van der Waals surface area contributed by atoms with Crippen LogP contribution in [0.1, 0.15) is 17.2 Å². The van der Waals surface area contributed by atoms with E-state index >= 15 is 0 Å². The van der Waals surface area contributed by atoms with Gasteiger partial charge in [-0.1, -0.05) is 69.5 Å². The molecule has 0 atom stereocenters. The van der Waals surface area contributed by atoms with Crippen molar-refractivity contribution in [2.75, 3.05) is 23.6 Å². The molecule has 0 unspecified atom stereocenters. The Morgan fingerprint density at radius 1 is 0.935 bits per heavy atom. The number of hydrogen-bond donors (Lipinski definition) is 1. The van der Waals surface area contributed by atoms with E-state index < -0.39 is 10.0 Å². The Bertz CT molecular complexity index is 1100. The fourth-order valence-corrected chi connectivity index (χ4v) is 5.97. The molecule has 0 saturated carbocycles. The number of halogens is 3. The van der Waals surface area contributed by atoms with Crippen LogP contribution in [-0.4, -0.2) is 32.2 Å². The largest absolute Gasteiger partial charge is 0.292 e. The van der Waals surface area contributed by atoms with Gasteiger partial charge in [-0.15, -0.1) is 0 Å². The van der Waals surface area contributed by atoms with E-state index in [1.165, 1.54) is 0 Å². The molecule has 4 nitrogen and oxygen atoms in total. The number of rotatable bonds is 7. The lowest BCUT2D eigenvalue weighted by Gasteiger charge is -2.44. The molecular formula is C23H21BrCl2N2O2S. The average molecular weight is 540 g/mol. The van der Waals surface area contributed by atoms with E-state index in [-0.39, 0.29) is 17.7 Å². The second-order valence-corrected chi connectivity index (χ2v) is 11.3. The van der Waals surface area contributed by atoms with Crippen LogP contribution in [0, 0.1) is 5.92 Å². The number of benzene rings is 3. The van der Waals surface area contributed by atoms with E-state index in [0.29, 0.717) is 28.8 Å². The summed E-state index contributed by atoms with van der Waals surface area (Å²) in [6.07, 6.45) is 0. The van der Waals surface area contributed by atoms with Crippen LogP contribution in [0.15, 0.2) is 77.3 Å². The van der Waals surface area contributed by atoms with Gasteiger partial charge >= 0.3 is 0 Å². The van der Waals surface area contributed by atoms with Crippen molar-refractivity contribution in [3.05, 3.63) is 98.4 Å². The topological polar surface area (TPSA) is 49.4 Å². The summed E-state index contributed by atoms with van der Waals surface area (Å²) in [6.45, 7) is 1.38. The first-order chi connectivity index (χ1) is 14.8. The Labute approximate surface area is 201 Å². The molecule has 1 aliphatic heterocycles. The van der Waals surface area contributed by atoms with Crippen molar-refractivity contribution in [1.82, 2.24) is 4.90 Å². The van der Waals surface area contributed by atoms with Gasteiger partial charge in [0.15, 0.2) is 0 Å². The number of likely N-dealkylation sites (tertiary alicyclic amines) is 1. The van der Waals surface area contributed by atoms with Gasteiger partial charge in [-0.2, -0.15) is 0 Å². The molecule has 0 aliphatic carbocycles. The van der Waals surface area contributed by atoms with Crippen molar-refractivity contribution in [1.29, 1.82) is 0 Å². The van der Waals surface area contributed by atoms with Crippen LogP contribution in [-0.2, 0) is 10.0 Å². The zero-order chi connectivity index (χ0) is 22.0. The van der Waals surface area contributed by atoms with E-state index in [9.17, 15) is 8.42 Å². The number of nitrogens with zero attached hydrogens (tertiary/aromatic N) is 1.